The van der Waals surface area contributed by atoms with E-state index in [2.05, 4.69) is 0 Å². The van der Waals surface area contributed by atoms with Gasteiger partial charge in [-0.1, -0.05) is 0 Å². The standard InChI is InChI=1S/C30H52O25/c1-6-11(33)16(38)22(44)28(49-6)55-25-24(54-29-23(45)19(41)13(35)8(3-32)52-29)15(37)10(5-47-27-21(43)18(40)12(34)7(2-31)51-27)53-30(25)48-4-9-14(36)17(39)20(42)26(46)50-9/h6-46H,2-5H2,1H3/t6-,7+,8+,9+,10+,11+,12-,13-,14+,15-,16+,17-,18-,19-,20-,21+,22-,23+,24-,25+,26-,27-,28-,29+,30+/m0/s1. The van der Waals surface area contributed by atoms with Crippen molar-refractivity contribution in [2.45, 2.75) is 160 Å². The third kappa shape index (κ3) is 9.42. The van der Waals surface area contributed by atoms with Crippen molar-refractivity contribution in [3.05, 3.63) is 0 Å². The highest BCUT2D eigenvalue weighted by Gasteiger charge is 2.55. The molecule has 0 radical (unpaired) electrons. The Bertz CT molecular complexity index is 1190. The van der Waals surface area contributed by atoms with Gasteiger partial charge in [0.1, 0.15) is 116 Å². The SMILES string of the molecule is C[C@@H]1O[C@@H](O[C@H]2[C@H](OC[C@H]3O[C@H](O)[C@@H](O)[C@@H](O)[C@@H]3O)O[C@H](CO[C@H]3O[C@H](CO)[C@H](O)[C@H](O)[C@H]3O)[C@H](O)[C@@H]2O[C@H]2O[C@H](CO)[C@H](O)[C@H](O)[C@H]2O)[C@@H](O)[C@H](O)[C@@H]1O. The van der Waals surface area contributed by atoms with Gasteiger partial charge in [-0.15, -0.1) is 0 Å². The molecule has 25 atom stereocenters. The lowest BCUT2D eigenvalue weighted by molar-refractivity contribution is -0.396. The molecule has 25 nitrogen and oxygen atoms in total. The summed E-state index contributed by atoms with van der Waals surface area (Å²) >= 11 is 0. The van der Waals surface area contributed by atoms with Gasteiger partial charge in [0.15, 0.2) is 31.5 Å². The molecule has 5 saturated heterocycles. The number of rotatable bonds is 12. The Morgan fingerprint density at radius 3 is 1.33 bits per heavy atom. The molecule has 5 heterocycles. The second-order valence-corrected chi connectivity index (χ2v) is 14.0. The van der Waals surface area contributed by atoms with Crippen molar-refractivity contribution in [2.75, 3.05) is 26.4 Å². The smallest absolute Gasteiger partial charge is 0.187 e. The van der Waals surface area contributed by atoms with Crippen molar-refractivity contribution in [2.24, 2.45) is 0 Å². The van der Waals surface area contributed by atoms with Crippen molar-refractivity contribution >= 4 is 0 Å². The van der Waals surface area contributed by atoms with Crippen molar-refractivity contribution in [1.82, 2.24) is 0 Å². The maximum atomic E-state index is 11.7. The summed E-state index contributed by atoms with van der Waals surface area (Å²) in [5.41, 5.74) is 0. The first-order valence-electron chi connectivity index (χ1n) is 17.5. The van der Waals surface area contributed by atoms with E-state index in [4.69, 9.17) is 42.6 Å². The van der Waals surface area contributed by atoms with Crippen LogP contribution in [0.5, 0.6) is 0 Å². The molecule has 0 aromatic carbocycles. The van der Waals surface area contributed by atoms with Gasteiger partial charge in [0.25, 0.3) is 0 Å². The Balaban J connectivity index is 1.47. The van der Waals surface area contributed by atoms with Crippen LogP contribution in [-0.2, 0) is 42.6 Å². The van der Waals surface area contributed by atoms with Crippen LogP contribution in [0.15, 0.2) is 0 Å². The van der Waals surface area contributed by atoms with Crippen LogP contribution in [0.4, 0.5) is 0 Å². The average molecular weight is 813 g/mol. The van der Waals surface area contributed by atoms with E-state index >= 15 is 0 Å². The molecule has 0 bridgehead atoms. The second kappa shape index (κ2) is 18.9. The average Bonchev–Trinajstić information content (AvgIpc) is 3.17. The van der Waals surface area contributed by atoms with Crippen molar-refractivity contribution in [3.8, 4) is 0 Å². The second-order valence-electron chi connectivity index (χ2n) is 14.0. The fourth-order valence-corrected chi connectivity index (χ4v) is 6.73. The summed E-state index contributed by atoms with van der Waals surface area (Å²) in [4.78, 5) is 0. The van der Waals surface area contributed by atoms with Crippen LogP contribution in [0.1, 0.15) is 6.92 Å². The predicted octanol–water partition coefficient (Wildman–Crippen LogP) is -10.9. The summed E-state index contributed by atoms with van der Waals surface area (Å²) in [5.74, 6) is 0. The zero-order valence-electron chi connectivity index (χ0n) is 29.1. The number of aliphatic hydroxyl groups is 16. The van der Waals surface area contributed by atoms with Gasteiger partial charge in [-0.3, -0.25) is 0 Å². The largest absolute Gasteiger partial charge is 0.394 e. The summed E-state index contributed by atoms with van der Waals surface area (Å²) in [6.07, 6.45) is -45.3. The lowest BCUT2D eigenvalue weighted by atomic mass is 9.96. The van der Waals surface area contributed by atoms with Crippen molar-refractivity contribution in [3.63, 3.8) is 0 Å². The van der Waals surface area contributed by atoms with Crippen LogP contribution in [0.25, 0.3) is 0 Å². The molecule has 0 spiro atoms. The summed E-state index contributed by atoms with van der Waals surface area (Å²) in [6, 6.07) is 0. The highest BCUT2D eigenvalue weighted by atomic mass is 16.8. The highest BCUT2D eigenvalue weighted by molar-refractivity contribution is 4.98. The number of hydrogen-bond acceptors (Lipinski definition) is 25. The van der Waals surface area contributed by atoms with E-state index < -0.39 is 180 Å². The Morgan fingerprint density at radius 1 is 0.364 bits per heavy atom. The minimum Gasteiger partial charge on any atom is -0.394 e. The maximum Gasteiger partial charge on any atom is 0.187 e. The molecule has 0 amide bonds. The zero-order chi connectivity index (χ0) is 40.6. The maximum absolute atomic E-state index is 11.7. The summed E-state index contributed by atoms with van der Waals surface area (Å²) in [6.45, 7) is -1.99. The van der Waals surface area contributed by atoms with Crippen LogP contribution in [0.3, 0.4) is 0 Å². The Kier molecular flexibility index (Phi) is 15.5. The summed E-state index contributed by atoms with van der Waals surface area (Å²) in [5, 5.41) is 166. The third-order valence-corrected chi connectivity index (χ3v) is 10.2. The Labute approximate surface area is 311 Å². The van der Waals surface area contributed by atoms with E-state index in [0.29, 0.717) is 0 Å². The number of ether oxygens (including phenoxy) is 9. The number of aliphatic hydroxyl groups excluding tert-OH is 16. The summed E-state index contributed by atoms with van der Waals surface area (Å²) < 4.78 is 50.6. The van der Waals surface area contributed by atoms with Gasteiger partial charge in [0.05, 0.1) is 32.5 Å². The van der Waals surface area contributed by atoms with Crippen LogP contribution in [-0.4, -0.2) is 262 Å². The van der Waals surface area contributed by atoms with E-state index in [1.165, 1.54) is 6.92 Å². The molecule has 0 aliphatic carbocycles. The van der Waals surface area contributed by atoms with E-state index in [9.17, 15) is 81.7 Å². The van der Waals surface area contributed by atoms with Gasteiger partial charge in [-0.25, -0.2) is 0 Å². The molecule has 5 rings (SSSR count). The van der Waals surface area contributed by atoms with Gasteiger partial charge >= 0.3 is 0 Å². The highest BCUT2D eigenvalue weighted by Crippen LogP contribution is 2.35. The molecule has 5 aliphatic rings. The first-order valence-corrected chi connectivity index (χ1v) is 17.5. The topological polar surface area (TPSA) is 407 Å². The Morgan fingerprint density at radius 2 is 0.764 bits per heavy atom. The van der Waals surface area contributed by atoms with Crippen LogP contribution < -0.4 is 0 Å². The fraction of sp³-hybridized carbons (Fsp3) is 1.00. The van der Waals surface area contributed by atoms with Crippen molar-refractivity contribution < 1.29 is 124 Å². The lowest BCUT2D eigenvalue weighted by Gasteiger charge is -2.49. The van der Waals surface area contributed by atoms with Crippen LogP contribution in [0.2, 0.25) is 0 Å². The van der Waals surface area contributed by atoms with E-state index in [-0.39, 0.29) is 0 Å². The van der Waals surface area contributed by atoms with Gasteiger partial charge < -0.3 is 124 Å². The van der Waals surface area contributed by atoms with Gasteiger partial charge in [-0.2, -0.15) is 0 Å². The van der Waals surface area contributed by atoms with Gasteiger partial charge in [-0.05, 0) is 6.92 Å². The minimum atomic E-state index is -2.06. The normalized spacial score (nSPS) is 53.9. The van der Waals surface area contributed by atoms with Crippen molar-refractivity contribution in [1.29, 1.82) is 0 Å². The molecule has 5 aliphatic heterocycles. The molecule has 5 fully saturated rings. The molecule has 322 valence electrons. The molecule has 0 aromatic rings. The monoisotopic (exact) mass is 812 g/mol. The molecule has 0 aromatic heterocycles. The molecule has 16 N–H and O–H groups in total. The lowest BCUT2D eigenvalue weighted by Crippen LogP contribution is -2.67. The third-order valence-electron chi connectivity index (χ3n) is 10.2. The van der Waals surface area contributed by atoms with E-state index in [1.54, 1.807) is 0 Å². The molecule has 55 heavy (non-hydrogen) atoms. The first kappa shape index (κ1) is 45.1. The molecule has 25 heteroatoms. The number of hydrogen-bond donors (Lipinski definition) is 16. The van der Waals surface area contributed by atoms with E-state index in [1.807, 2.05) is 0 Å². The first-order chi connectivity index (χ1) is 25.9. The van der Waals surface area contributed by atoms with E-state index in [0.717, 1.165) is 0 Å². The minimum absolute atomic E-state index is 0.804. The molecular formula is C30H52O25. The fourth-order valence-electron chi connectivity index (χ4n) is 6.73. The van der Waals surface area contributed by atoms with Gasteiger partial charge in [0.2, 0.25) is 0 Å². The Hall–Kier alpha value is -1.00. The predicted molar refractivity (Wildman–Crippen MR) is 165 cm³/mol. The molecule has 0 saturated carbocycles. The van der Waals surface area contributed by atoms with Crippen LogP contribution in [0, 0.1) is 0 Å². The molecule has 0 unspecified atom stereocenters. The summed E-state index contributed by atoms with van der Waals surface area (Å²) in [7, 11) is 0. The quantitative estimate of drug-likeness (QED) is 0.0870. The molecular weight excluding hydrogens is 760 g/mol. The van der Waals surface area contributed by atoms with Gasteiger partial charge in [0, 0.05) is 0 Å². The van der Waals surface area contributed by atoms with Crippen LogP contribution >= 0.6 is 0 Å². The zero-order valence-corrected chi connectivity index (χ0v) is 29.1.